The lowest BCUT2D eigenvalue weighted by Gasteiger charge is -2.23. The van der Waals surface area contributed by atoms with Gasteiger partial charge >= 0.3 is 12.1 Å². The van der Waals surface area contributed by atoms with Crippen molar-refractivity contribution in [1.29, 1.82) is 0 Å². The molecule has 15 heteroatoms. The van der Waals surface area contributed by atoms with E-state index in [1.807, 2.05) is 0 Å². The number of thiazole rings is 1. The fourth-order valence-corrected chi connectivity index (χ4v) is 6.37. The molecule has 232 valence electrons. The van der Waals surface area contributed by atoms with Crippen molar-refractivity contribution in [2.45, 2.75) is 70.3 Å². The first-order chi connectivity index (χ1) is 20.3. The molecule has 2 aromatic heterocycles. The Morgan fingerprint density at radius 1 is 1.23 bits per heavy atom. The number of hydrogen-bond donors (Lipinski definition) is 3. The SMILES string of the molecule is COC(=O)/C=C/CC[C@H](NC(=O)c1sc(C(F)(F)F)nc1C)C(=O)Nc1cccn(CC(=O)N[C@@H]2C[C@@H]3CC[C@H]2C3)c1=O. The molecule has 3 N–H and O–H groups in total. The Labute approximate surface area is 248 Å². The van der Waals surface area contributed by atoms with E-state index in [1.165, 1.54) is 44.9 Å². The lowest BCUT2D eigenvalue weighted by atomic mass is 9.95. The number of esters is 1. The third kappa shape index (κ3) is 8.09. The highest BCUT2D eigenvalue weighted by Crippen LogP contribution is 2.44. The Balaban J connectivity index is 1.45. The molecule has 2 saturated carbocycles. The molecule has 4 rings (SSSR count). The molecule has 0 unspecified atom stereocenters. The van der Waals surface area contributed by atoms with Crippen molar-refractivity contribution >= 4 is 40.7 Å². The number of nitrogens with one attached hydrogen (secondary N) is 3. The number of rotatable bonds is 11. The minimum absolute atomic E-state index is 0.0674. The molecule has 2 fully saturated rings. The lowest BCUT2D eigenvalue weighted by Crippen LogP contribution is -2.45. The highest BCUT2D eigenvalue weighted by atomic mass is 32.1. The second-order valence-corrected chi connectivity index (χ2v) is 11.7. The predicted octanol–water partition coefficient (Wildman–Crippen LogP) is 3.18. The van der Waals surface area contributed by atoms with Crippen molar-refractivity contribution in [3.63, 3.8) is 0 Å². The van der Waals surface area contributed by atoms with E-state index in [2.05, 4.69) is 25.7 Å². The molecule has 43 heavy (non-hydrogen) atoms. The van der Waals surface area contributed by atoms with Crippen LogP contribution in [0.1, 0.15) is 58.9 Å². The first kappa shape index (κ1) is 31.9. The van der Waals surface area contributed by atoms with E-state index in [4.69, 9.17) is 0 Å². The Morgan fingerprint density at radius 2 is 2.00 bits per heavy atom. The van der Waals surface area contributed by atoms with Crippen molar-refractivity contribution in [2.24, 2.45) is 11.8 Å². The average molecular weight is 624 g/mol. The van der Waals surface area contributed by atoms with Gasteiger partial charge in [0.25, 0.3) is 11.5 Å². The van der Waals surface area contributed by atoms with Crippen molar-refractivity contribution in [3.8, 4) is 0 Å². The van der Waals surface area contributed by atoms with Crippen molar-refractivity contribution in [3.05, 3.63) is 56.4 Å². The smallest absolute Gasteiger partial charge is 0.443 e. The number of allylic oxidation sites excluding steroid dienone is 1. The molecular weight excluding hydrogens is 591 g/mol. The third-order valence-corrected chi connectivity index (χ3v) is 8.82. The zero-order valence-electron chi connectivity index (χ0n) is 23.5. The van der Waals surface area contributed by atoms with Crippen LogP contribution in [0.15, 0.2) is 35.3 Å². The highest BCUT2D eigenvalue weighted by Gasteiger charge is 2.40. The molecular formula is C28H32F3N5O6S. The number of nitrogens with zero attached hydrogens (tertiary/aromatic N) is 2. The predicted molar refractivity (Wildman–Crippen MR) is 150 cm³/mol. The van der Waals surface area contributed by atoms with Gasteiger partial charge in [0.2, 0.25) is 11.8 Å². The van der Waals surface area contributed by atoms with Gasteiger partial charge in [-0.25, -0.2) is 9.78 Å². The van der Waals surface area contributed by atoms with Crippen LogP contribution in [0.3, 0.4) is 0 Å². The van der Waals surface area contributed by atoms with E-state index < -0.39 is 40.6 Å². The number of ether oxygens (including phenoxy) is 1. The summed E-state index contributed by atoms with van der Waals surface area (Å²) in [5.74, 6) is -1.64. The van der Waals surface area contributed by atoms with Gasteiger partial charge < -0.3 is 25.3 Å². The fourth-order valence-electron chi connectivity index (χ4n) is 5.54. The van der Waals surface area contributed by atoms with E-state index in [1.54, 1.807) is 0 Å². The minimum atomic E-state index is -4.75. The van der Waals surface area contributed by atoms with Gasteiger partial charge in [-0.2, -0.15) is 13.2 Å². The average Bonchev–Trinajstić information content (AvgIpc) is 3.68. The van der Waals surface area contributed by atoms with E-state index in [9.17, 15) is 37.1 Å². The Bertz CT molecular complexity index is 1470. The molecule has 0 aromatic carbocycles. The maximum absolute atomic E-state index is 13.2. The number of aromatic nitrogens is 2. The summed E-state index contributed by atoms with van der Waals surface area (Å²) in [6.45, 7) is 0.996. The minimum Gasteiger partial charge on any atom is -0.466 e. The van der Waals surface area contributed by atoms with E-state index in [-0.39, 0.29) is 58.9 Å². The fraction of sp³-hybridized carbons (Fsp3) is 0.500. The van der Waals surface area contributed by atoms with Gasteiger partial charge in [-0.1, -0.05) is 12.5 Å². The summed E-state index contributed by atoms with van der Waals surface area (Å²) in [5.41, 5.74) is -0.963. The van der Waals surface area contributed by atoms with Gasteiger partial charge in [0.15, 0.2) is 5.01 Å². The van der Waals surface area contributed by atoms with Crippen molar-refractivity contribution in [1.82, 2.24) is 20.2 Å². The van der Waals surface area contributed by atoms with Crippen LogP contribution in [0.4, 0.5) is 18.9 Å². The number of hydrogen-bond acceptors (Lipinski definition) is 8. The third-order valence-electron chi connectivity index (χ3n) is 7.62. The first-order valence-corrected chi connectivity index (χ1v) is 14.6. The summed E-state index contributed by atoms with van der Waals surface area (Å²) in [5, 5.41) is 6.67. The number of anilines is 1. The molecule has 2 aliphatic carbocycles. The van der Waals surface area contributed by atoms with Gasteiger partial charge in [-0.05, 0) is 63.0 Å². The molecule has 0 spiro atoms. The largest absolute Gasteiger partial charge is 0.466 e. The summed E-state index contributed by atoms with van der Waals surface area (Å²) < 4.78 is 45.0. The molecule has 0 aliphatic heterocycles. The van der Waals surface area contributed by atoms with Gasteiger partial charge in [0.05, 0.1) is 12.8 Å². The number of alkyl halides is 3. The van der Waals surface area contributed by atoms with Crippen LogP contribution in [-0.4, -0.2) is 52.4 Å². The van der Waals surface area contributed by atoms with Crippen LogP contribution in [-0.2, 0) is 31.8 Å². The van der Waals surface area contributed by atoms with Crippen LogP contribution < -0.4 is 21.5 Å². The van der Waals surface area contributed by atoms with Crippen LogP contribution in [0.25, 0.3) is 0 Å². The second kappa shape index (κ2) is 13.5. The molecule has 11 nitrogen and oxygen atoms in total. The van der Waals surface area contributed by atoms with E-state index in [0.29, 0.717) is 11.8 Å². The topological polar surface area (TPSA) is 148 Å². The van der Waals surface area contributed by atoms with Crippen molar-refractivity contribution in [2.75, 3.05) is 12.4 Å². The Hall–Kier alpha value is -4.01. The van der Waals surface area contributed by atoms with E-state index in [0.717, 1.165) is 29.9 Å². The number of pyridine rings is 1. The first-order valence-electron chi connectivity index (χ1n) is 13.7. The molecule has 3 amide bonds. The number of amides is 3. The lowest BCUT2D eigenvalue weighted by molar-refractivity contribution is -0.138. The zero-order valence-corrected chi connectivity index (χ0v) is 24.3. The number of aryl methyl sites for hydroxylation is 1. The maximum atomic E-state index is 13.2. The van der Waals surface area contributed by atoms with Gasteiger partial charge in [-0.3, -0.25) is 19.2 Å². The maximum Gasteiger partial charge on any atom is 0.443 e. The van der Waals surface area contributed by atoms with Crippen molar-refractivity contribution < 1.29 is 37.1 Å². The number of halogens is 3. The standard InChI is InChI=1S/C28H32F3N5O6S/c1-15-23(43-27(32-15)28(29,30)31)25(40)34-18(6-3-4-8-22(38)42-2)24(39)35-19-7-5-11-36(26(19)41)14-21(37)33-20-13-16-9-10-17(20)12-16/h4-5,7-8,11,16-18,20H,3,6,9-10,12-14H2,1-2H3,(H,33,37)(H,34,40)(H,35,39)/b8-4+/t16-,17+,18+,20-/m1/s1. The molecule has 4 atom stereocenters. The molecule has 2 aromatic rings. The van der Waals surface area contributed by atoms with Gasteiger partial charge in [0.1, 0.15) is 23.2 Å². The summed E-state index contributed by atoms with van der Waals surface area (Å²) in [6, 6.07) is 1.61. The van der Waals surface area contributed by atoms with Crippen LogP contribution in [0, 0.1) is 18.8 Å². The highest BCUT2D eigenvalue weighted by molar-refractivity contribution is 7.13. The van der Waals surface area contributed by atoms with Crippen LogP contribution in [0.2, 0.25) is 0 Å². The molecule has 2 bridgehead atoms. The number of fused-ring (bicyclic) bond motifs is 2. The Kier molecular flexibility index (Phi) is 10.0. The molecule has 0 saturated heterocycles. The molecule has 0 radical (unpaired) electrons. The van der Waals surface area contributed by atoms with Crippen LogP contribution >= 0.6 is 11.3 Å². The second-order valence-electron chi connectivity index (χ2n) is 10.7. The summed E-state index contributed by atoms with van der Waals surface area (Å²) >= 11 is 0.146. The normalized spacial score (nSPS) is 20.2. The number of carbonyl (C=O) groups is 4. The number of carbonyl (C=O) groups excluding carboxylic acids is 4. The summed E-state index contributed by atoms with van der Waals surface area (Å²) in [6.07, 6.45) is 3.53. The zero-order chi connectivity index (χ0) is 31.3. The quantitative estimate of drug-likeness (QED) is 0.257. The molecule has 2 aliphatic rings. The van der Waals surface area contributed by atoms with Gasteiger partial charge in [-0.15, -0.1) is 11.3 Å². The summed E-state index contributed by atoms with van der Waals surface area (Å²) in [4.78, 5) is 66.4. The summed E-state index contributed by atoms with van der Waals surface area (Å²) in [7, 11) is 1.18. The monoisotopic (exact) mass is 623 g/mol. The van der Waals surface area contributed by atoms with Crippen LogP contribution in [0.5, 0.6) is 0 Å². The van der Waals surface area contributed by atoms with E-state index >= 15 is 0 Å². The molecule has 2 heterocycles. The van der Waals surface area contributed by atoms with Gasteiger partial charge in [0, 0.05) is 18.3 Å². The number of methoxy groups -OCH3 is 1. The Morgan fingerprint density at radius 3 is 2.63 bits per heavy atom.